The zero-order valence-corrected chi connectivity index (χ0v) is 17.0. The van der Waals surface area contributed by atoms with Crippen LogP contribution >= 0.6 is 0 Å². The van der Waals surface area contributed by atoms with E-state index in [4.69, 9.17) is 9.47 Å². The Labute approximate surface area is 177 Å². The second kappa shape index (κ2) is 9.24. The van der Waals surface area contributed by atoms with Gasteiger partial charge in [0.15, 0.2) is 5.78 Å². The molecule has 1 aliphatic rings. The summed E-state index contributed by atoms with van der Waals surface area (Å²) in [5.41, 5.74) is -0.0563. The number of rotatable bonds is 6. The fraction of sp³-hybridized carbons (Fsp3) is 0.304. The molecule has 0 radical (unpaired) electrons. The van der Waals surface area contributed by atoms with Gasteiger partial charge in [0.2, 0.25) is 0 Å². The molecule has 0 saturated carbocycles. The lowest BCUT2D eigenvalue weighted by molar-refractivity contribution is -0.151. The summed E-state index contributed by atoms with van der Waals surface area (Å²) in [6, 6.07) is 11.9. The summed E-state index contributed by atoms with van der Waals surface area (Å²) >= 11 is 0. The van der Waals surface area contributed by atoms with Crippen LogP contribution in [0.5, 0.6) is 5.75 Å². The van der Waals surface area contributed by atoms with E-state index < -0.39 is 35.3 Å². The van der Waals surface area contributed by atoms with E-state index in [1.807, 2.05) is 0 Å². The molecule has 3 rings (SSSR count). The quantitative estimate of drug-likeness (QED) is 0.516. The number of esters is 1. The van der Waals surface area contributed by atoms with E-state index in [2.05, 4.69) is 5.32 Å². The molecule has 5 nitrogen and oxygen atoms in total. The Morgan fingerprint density at radius 2 is 1.90 bits per heavy atom. The number of nitrogens with one attached hydrogen (secondary N) is 1. The average Bonchev–Trinajstić information content (AvgIpc) is 2.73. The lowest BCUT2D eigenvalue weighted by Crippen LogP contribution is -2.35. The second-order valence-electron chi connectivity index (χ2n) is 7.06. The number of ketones is 1. The van der Waals surface area contributed by atoms with Gasteiger partial charge >= 0.3 is 12.1 Å². The summed E-state index contributed by atoms with van der Waals surface area (Å²) in [6.07, 6.45) is -3.22. The number of allylic oxidation sites excluding steroid dienone is 2. The van der Waals surface area contributed by atoms with Crippen molar-refractivity contribution in [2.75, 3.05) is 19.0 Å². The summed E-state index contributed by atoms with van der Waals surface area (Å²) in [5, 5.41) is 2.74. The number of ether oxygens (including phenoxy) is 2. The van der Waals surface area contributed by atoms with Gasteiger partial charge in [-0.2, -0.15) is 13.2 Å². The molecule has 2 atom stereocenters. The van der Waals surface area contributed by atoms with Gasteiger partial charge in [-0.1, -0.05) is 24.3 Å². The molecule has 0 aliphatic heterocycles. The predicted molar refractivity (Wildman–Crippen MR) is 109 cm³/mol. The standard InChI is InChI=1S/C23H22F3NO4/c1-3-31-22(29)21-17(14-7-6-8-16(11-14)30-2)12-15(13-20(21)28)27-19-10-5-4-9-18(19)23(24,25)26/h4-11,13,17,21,27H,3,12H2,1-2H3/t17-,21+/m0/s1. The molecule has 0 unspecified atom stereocenters. The van der Waals surface area contributed by atoms with Crippen molar-refractivity contribution in [2.24, 2.45) is 5.92 Å². The first-order valence-electron chi connectivity index (χ1n) is 9.72. The van der Waals surface area contributed by atoms with Gasteiger partial charge < -0.3 is 14.8 Å². The highest BCUT2D eigenvalue weighted by Crippen LogP contribution is 2.40. The molecule has 1 N–H and O–H groups in total. The monoisotopic (exact) mass is 433 g/mol. The zero-order valence-electron chi connectivity index (χ0n) is 17.0. The Morgan fingerprint density at radius 3 is 2.58 bits per heavy atom. The van der Waals surface area contributed by atoms with Gasteiger partial charge in [-0.15, -0.1) is 0 Å². The molecule has 2 aromatic carbocycles. The molecule has 0 heterocycles. The highest BCUT2D eigenvalue weighted by Gasteiger charge is 2.40. The number of hydrogen-bond donors (Lipinski definition) is 1. The number of methoxy groups -OCH3 is 1. The minimum Gasteiger partial charge on any atom is -0.497 e. The first-order chi connectivity index (χ1) is 14.7. The van der Waals surface area contributed by atoms with E-state index >= 15 is 0 Å². The maximum atomic E-state index is 13.4. The van der Waals surface area contributed by atoms with Crippen LogP contribution in [0.4, 0.5) is 18.9 Å². The normalized spacial score (nSPS) is 18.9. The van der Waals surface area contributed by atoms with Crippen molar-refractivity contribution in [3.63, 3.8) is 0 Å². The van der Waals surface area contributed by atoms with Crippen LogP contribution in [0.2, 0.25) is 0 Å². The van der Waals surface area contributed by atoms with Crippen LogP contribution in [-0.2, 0) is 20.5 Å². The molecule has 0 fully saturated rings. The van der Waals surface area contributed by atoms with Crippen LogP contribution in [-0.4, -0.2) is 25.5 Å². The first kappa shape index (κ1) is 22.4. The zero-order chi connectivity index (χ0) is 22.6. The maximum absolute atomic E-state index is 13.4. The van der Waals surface area contributed by atoms with E-state index in [0.29, 0.717) is 11.3 Å². The van der Waals surface area contributed by atoms with Crippen LogP contribution < -0.4 is 10.1 Å². The Hall–Kier alpha value is -3.29. The van der Waals surface area contributed by atoms with Gasteiger partial charge in [0.05, 0.1) is 25.0 Å². The molecule has 1 aliphatic carbocycles. The van der Waals surface area contributed by atoms with E-state index in [0.717, 1.165) is 6.07 Å². The minimum atomic E-state index is -4.55. The minimum absolute atomic E-state index is 0.112. The number of para-hydroxylation sites is 1. The van der Waals surface area contributed by atoms with Crippen LogP contribution in [0.3, 0.4) is 0 Å². The molecular weight excluding hydrogens is 411 g/mol. The summed E-state index contributed by atoms with van der Waals surface area (Å²) in [7, 11) is 1.49. The molecule has 2 aromatic rings. The molecule has 8 heteroatoms. The summed E-state index contributed by atoms with van der Waals surface area (Å²) in [4.78, 5) is 25.4. The molecule has 0 spiro atoms. The van der Waals surface area contributed by atoms with Crippen LogP contribution in [0.1, 0.15) is 30.4 Å². The molecule has 0 saturated heterocycles. The Kier molecular flexibility index (Phi) is 6.68. The first-order valence-corrected chi connectivity index (χ1v) is 9.72. The summed E-state index contributed by atoms with van der Waals surface area (Å²) in [5.74, 6) is -2.35. The maximum Gasteiger partial charge on any atom is 0.418 e. The Bertz CT molecular complexity index is 1000. The number of carbonyl (C=O) groups is 2. The molecule has 0 amide bonds. The molecular formula is C23H22F3NO4. The summed E-state index contributed by atoms with van der Waals surface area (Å²) < 4.78 is 50.4. The lowest BCUT2D eigenvalue weighted by Gasteiger charge is -2.30. The van der Waals surface area contributed by atoms with Crippen molar-refractivity contribution >= 4 is 17.4 Å². The van der Waals surface area contributed by atoms with Crippen molar-refractivity contribution < 1.29 is 32.2 Å². The van der Waals surface area contributed by atoms with E-state index in [9.17, 15) is 22.8 Å². The van der Waals surface area contributed by atoms with Gasteiger partial charge in [0, 0.05) is 17.7 Å². The lowest BCUT2D eigenvalue weighted by atomic mass is 9.76. The second-order valence-corrected chi connectivity index (χ2v) is 7.06. The van der Waals surface area contributed by atoms with Gasteiger partial charge in [-0.25, -0.2) is 0 Å². The number of anilines is 1. The van der Waals surface area contributed by atoms with E-state index in [1.54, 1.807) is 31.2 Å². The molecule has 31 heavy (non-hydrogen) atoms. The Morgan fingerprint density at radius 1 is 1.16 bits per heavy atom. The number of carbonyl (C=O) groups excluding carboxylic acids is 2. The van der Waals surface area contributed by atoms with Gasteiger partial charge in [0.1, 0.15) is 11.7 Å². The third-order valence-electron chi connectivity index (χ3n) is 5.06. The van der Waals surface area contributed by atoms with Gasteiger partial charge in [-0.05, 0) is 43.2 Å². The van der Waals surface area contributed by atoms with Crippen molar-refractivity contribution in [1.29, 1.82) is 0 Å². The van der Waals surface area contributed by atoms with Crippen LogP contribution in [0.25, 0.3) is 0 Å². The van der Waals surface area contributed by atoms with Crippen LogP contribution in [0.15, 0.2) is 60.3 Å². The van der Waals surface area contributed by atoms with E-state index in [1.165, 1.54) is 31.4 Å². The van der Waals surface area contributed by atoms with Crippen molar-refractivity contribution in [3.8, 4) is 5.75 Å². The average molecular weight is 433 g/mol. The van der Waals surface area contributed by atoms with Crippen molar-refractivity contribution in [3.05, 3.63) is 71.4 Å². The Balaban J connectivity index is 1.98. The SMILES string of the molecule is CCOC(=O)[C@H]1C(=O)C=C(Nc2ccccc2C(F)(F)F)C[C@H]1c1cccc(OC)c1. The number of halogens is 3. The molecule has 164 valence electrons. The van der Waals surface area contributed by atoms with Gasteiger partial charge in [0.25, 0.3) is 0 Å². The molecule has 0 bridgehead atoms. The smallest absolute Gasteiger partial charge is 0.418 e. The fourth-order valence-corrected chi connectivity index (χ4v) is 3.67. The van der Waals surface area contributed by atoms with Crippen LogP contribution in [0, 0.1) is 5.92 Å². The number of benzene rings is 2. The largest absolute Gasteiger partial charge is 0.497 e. The predicted octanol–water partition coefficient (Wildman–Crippen LogP) is 4.95. The van der Waals surface area contributed by atoms with Crippen molar-refractivity contribution in [1.82, 2.24) is 0 Å². The number of hydrogen-bond acceptors (Lipinski definition) is 5. The van der Waals surface area contributed by atoms with E-state index in [-0.39, 0.29) is 24.4 Å². The third kappa shape index (κ3) is 5.07. The fourth-order valence-electron chi connectivity index (χ4n) is 3.67. The van der Waals surface area contributed by atoms with Crippen molar-refractivity contribution in [2.45, 2.75) is 25.4 Å². The number of alkyl halides is 3. The highest BCUT2D eigenvalue weighted by atomic mass is 19.4. The topological polar surface area (TPSA) is 64.6 Å². The molecule has 0 aromatic heterocycles. The summed E-state index contributed by atoms with van der Waals surface area (Å²) in [6.45, 7) is 1.75. The third-order valence-corrected chi connectivity index (χ3v) is 5.06. The van der Waals surface area contributed by atoms with Gasteiger partial charge in [-0.3, -0.25) is 9.59 Å². The highest BCUT2D eigenvalue weighted by molar-refractivity contribution is 6.07.